The van der Waals surface area contributed by atoms with E-state index in [2.05, 4.69) is 165 Å². The zero-order chi connectivity index (χ0) is 67.2. The summed E-state index contributed by atoms with van der Waals surface area (Å²) in [6.45, 7) is 32.5. The molecule has 488 valence electrons. The quantitative estimate of drug-likeness (QED) is 0.0903. The van der Waals surface area contributed by atoms with Crippen LogP contribution in [0.25, 0.3) is 89.5 Å². The number of nitrogens with zero attached hydrogens (tertiary/aromatic N) is 4. The second-order valence-corrected chi connectivity index (χ2v) is 26.4. The van der Waals surface area contributed by atoms with E-state index < -0.39 is 34.1 Å². The first-order chi connectivity index (χ1) is 44.7. The fourth-order valence-electron chi connectivity index (χ4n) is 13.8. The van der Waals surface area contributed by atoms with Crippen molar-refractivity contribution in [2.75, 3.05) is 0 Å². The maximum absolute atomic E-state index is 16.3. The van der Waals surface area contributed by atoms with Crippen LogP contribution in [0.3, 0.4) is 0 Å². The van der Waals surface area contributed by atoms with Gasteiger partial charge in [0, 0.05) is 56.9 Å². The molecule has 0 aliphatic heterocycles. The standard InChI is InChI=1S/C43H36F4N2.C43H40N2.2Pt/c1-23-19-25(3)37(26(4)20-23)39-31(44)17-15-29(41(39)46)33-11-9-13-35(48-33)43(7,8)36-14-10-12-34(49-36)30-16-18-32(45)40(42(30)47)38-27(5)21-24(2)22-28(38)6;1-27-21-29(3)41(30(4)22-27)35-15-9-13-33(25-35)37-17-11-19-39(44-37)43(7,8)40-20-12-18-38(45-40)34-14-10-16-36(26-34)42-31(5)23-28(2)24-32(42)6;;/h9-14,17-22H,1-8H3;9-12,15-26H,1-8H3;;/q2*-2;2*+2. The molecule has 12 rings (SSSR count). The molecule has 0 spiro atoms. The first-order valence-electron chi connectivity index (χ1n) is 31.8. The van der Waals surface area contributed by atoms with Crippen molar-refractivity contribution in [1.82, 2.24) is 19.9 Å². The van der Waals surface area contributed by atoms with Crippen LogP contribution in [0.4, 0.5) is 17.6 Å². The second kappa shape index (κ2) is 29.0. The van der Waals surface area contributed by atoms with Crippen molar-refractivity contribution < 1.29 is 59.7 Å². The van der Waals surface area contributed by atoms with E-state index in [1.165, 1.54) is 55.6 Å². The third kappa shape index (κ3) is 14.4. The number of aryl methyl sites for hydroxylation is 12. The van der Waals surface area contributed by atoms with Crippen LogP contribution in [-0.2, 0) is 53.0 Å². The van der Waals surface area contributed by atoms with Crippen molar-refractivity contribution in [1.29, 1.82) is 0 Å². The molecule has 4 nitrogen and oxygen atoms in total. The van der Waals surface area contributed by atoms with Gasteiger partial charge in [-0.3, -0.25) is 17.6 Å². The van der Waals surface area contributed by atoms with E-state index in [9.17, 15) is 0 Å². The zero-order valence-electron chi connectivity index (χ0n) is 57.1. The minimum absolute atomic E-state index is 0. The zero-order valence-corrected chi connectivity index (χ0v) is 61.6. The van der Waals surface area contributed by atoms with Crippen molar-refractivity contribution in [3.63, 3.8) is 0 Å². The Bertz CT molecular complexity index is 4550. The van der Waals surface area contributed by atoms with Gasteiger partial charge < -0.3 is 19.9 Å². The molecule has 4 heterocycles. The average molecular weight is 1630 g/mol. The fraction of sp³-hybridized carbons (Fsp3) is 0.209. The third-order valence-corrected chi connectivity index (χ3v) is 18.1. The molecule has 0 aliphatic carbocycles. The minimum Gasteiger partial charge on any atom is -0.300 e. The number of hydrogen-bond donors (Lipinski definition) is 0. The van der Waals surface area contributed by atoms with E-state index in [-0.39, 0.29) is 75.8 Å². The van der Waals surface area contributed by atoms with Gasteiger partial charge in [-0.25, -0.2) is 0 Å². The number of rotatable bonds is 12. The molecule has 10 heteroatoms. The van der Waals surface area contributed by atoms with Gasteiger partial charge in [0.15, 0.2) is 0 Å². The van der Waals surface area contributed by atoms with Crippen LogP contribution >= 0.6 is 0 Å². The van der Waals surface area contributed by atoms with Crippen LogP contribution in [0.1, 0.15) is 117 Å². The van der Waals surface area contributed by atoms with Crippen LogP contribution in [0.15, 0.2) is 170 Å². The van der Waals surface area contributed by atoms with Crippen LogP contribution in [-0.4, -0.2) is 19.9 Å². The maximum Gasteiger partial charge on any atom is 2.00 e. The predicted octanol–water partition coefficient (Wildman–Crippen LogP) is 22.4. The summed E-state index contributed by atoms with van der Waals surface area (Å²) < 4.78 is 63.0. The van der Waals surface area contributed by atoms with Gasteiger partial charge >= 0.3 is 42.1 Å². The first-order valence-corrected chi connectivity index (χ1v) is 31.8. The summed E-state index contributed by atoms with van der Waals surface area (Å²) in [5, 5.41) is 0. The molecular formula is C86H76F4N4Pt2. The Kier molecular flexibility index (Phi) is 21.7. The predicted molar refractivity (Wildman–Crippen MR) is 377 cm³/mol. The van der Waals surface area contributed by atoms with Crippen LogP contribution in [0.2, 0.25) is 0 Å². The summed E-state index contributed by atoms with van der Waals surface area (Å²) in [6.07, 6.45) is 0. The van der Waals surface area contributed by atoms with Crippen molar-refractivity contribution in [2.45, 2.75) is 122 Å². The van der Waals surface area contributed by atoms with Gasteiger partial charge in [0.1, 0.15) is 0 Å². The molecule has 0 saturated carbocycles. The molecule has 12 aromatic rings. The monoisotopic (exact) mass is 1630 g/mol. The number of halogens is 4. The molecule has 0 atom stereocenters. The maximum atomic E-state index is 16.3. The van der Waals surface area contributed by atoms with Gasteiger partial charge in [-0.15, -0.1) is 95.1 Å². The summed E-state index contributed by atoms with van der Waals surface area (Å²) in [5.74, 6) is -2.88. The Labute approximate surface area is 593 Å². The van der Waals surface area contributed by atoms with Gasteiger partial charge in [0.05, 0.1) is 0 Å². The molecule has 0 aliphatic rings. The number of hydrogen-bond acceptors (Lipinski definition) is 4. The molecule has 0 saturated heterocycles. The van der Waals surface area contributed by atoms with E-state index >= 15 is 17.6 Å². The molecule has 0 radical (unpaired) electrons. The molecule has 0 fully saturated rings. The Balaban J connectivity index is 0.000000221. The molecular weight excluding hydrogens is 1560 g/mol. The summed E-state index contributed by atoms with van der Waals surface area (Å²) >= 11 is 0. The topological polar surface area (TPSA) is 51.6 Å². The van der Waals surface area contributed by atoms with Crippen LogP contribution in [0.5, 0.6) is 0 Å². The summed E-state index contributed by atoms with van der Waals surface area (Å²) in [7, 11) is 0. The minimum atomic E-state index is -0.834. The third-order valence-electron chi connectivity index (χ3n) is 18.1. The first kappa shape index (κ1) is 71.7. The van der Waals surface area contributed by atoms with E-state index in [0.717, 1.165) is 79.4 Å². The summed E-state index contributed by atoms with van der Waals surface area (Å²) in [5.41, 5.74) is 24.8. The Morgan fingerprint density at radius 1 is 0.302 bits per heavy atom. The molecule has 0 N–H and O–H groups in total. The van der Waals surface area contributed by atoms with E-state index in [0.29, 0.717) is 22.5 Å². The van der Waals surface area contributed by atoms with Gasteiger partial charge in [-0.05, 0) is 236 Å². The average Bonchev–Trinajstić information content (AvgIpc) is 0.774. The number of pyridine rings is 4. The van der Waals surface area contributed by atoms with Gasteiger partial charge in [0.25, 0.3) is 0 Å². The summed E-state index contributed by atoms with van der Waals surface area (Å²) in [6, 6.07) is 67.1. The van der Waals surface area contributed by atoms with Crippen molar-refractivity contribution in [2.24, 2.45) is 0 Å². The van der Waals surface area contributed by atoms with Crippen molar-refractivity contribution >= 4 is 0 Å². The van der Waals surface area contributed by atoms with Gasteiger partial charge in [-0.1, -0.05) is 130 Å². The van der Waals surface area contributed by atoms with Crippen molar-refractivity contribution in [3.8, 4) is 89.5 Å². The van der Waals surface area contributed by atoms with Gasteiger partial charge in [0.2, 0.25) is 0 Å². The normalized spacial score (nSPS) is 11.4. The van der Waals surface area contributed by atoms with Gasteiger partial charge in [-0.2, -0.15) is 0 Å². The van der Waals surface area contributed by atoms with E-state index in [1.54, 1.807) is 36.4 Å². The fourth-order valence-corrected chi connectivity index (χ4v) is 13.8. The largest absolute Gasteiger partial charge is 2.00 e. The Morgan fingerprint density at radius 3 is 0.854 bits per heavy atom. The number of aromatic nitrogens is 4. The SMILES string of the molecule is Cc1cc(C)c(-c2c(F)c[c-]c(-c3cccc(C(C)(C)c4cccc(-c5[c-]cc(F)c(-c6c(C)cc(C)cc6C)c5F)n4)n3)c2F)c(C)c1.Cc1cc(C)c(-c2cc[c-]c(-c3cccc(C(C)(C)c4cccc(-c5[c-]ccc(-c6c(C)cc(C)cc6C)c5)n4)n3)c2)c(C)c1.[Pt+2].[Pt+2]. The Hall–Kier alpha value is -8.54. The molecule has 0 bridgehead atoms. The van der Waals surface area contributed by atoms with Crippen LogP contribution in [0, 0.1) is 131 Å². The van der Waals surface area contributed by atoms with Crippen LogP contribution < -0.4 is 0 Å². The molecule has 96 heavy (non-hydrogen) atoms. The molecule has 0 amide bonds. The smallest absolute Gasteiger partial charge is 0.300 e. The molecule has 0 unspecified atom stereocenters. The summed E-state index contributed by atoms with van der Waals surface area (Å²) in [4.78, 5) is 20.0. The van der Waals surface area contributed by atoms with Crippen molar-refractivity contribution in [3.05, 3.63) is 307 Å². The van der Waals surface area contributed by atoms with E-state index in [4.69, 9.17) is 19.9 Å². The molecule has 4 aromatic heterocycles. The van der Waals surface area contributed by atoms with E-state index in [1.807, 2.05) is 91.8 Å². The Morgan fingerprint density at radius 2 is 0.562 bits per heavy atom. The molecule has 8 aromatic carbocycles. The second-order valence-electron chi connectivity index (χ2n) is 26.4. The number of benzene rings is 8.